The minimum Gasteiger partial charge on any atom is -0.507 e. The first-order chi connectivity index (χ1) is 7.33. The van der Waals surface area contributed by atoms with Crippen LogP contribution in [-0.4, -0.2) is 19.3 Å². The molecule has 0 aliphatic carbocycles. The number of aromatic hydroxyl groups is 1. The Morgan fingerprint density at radius 1 is 1.50 bits per heavy atom. The van der Waals surface area contributed by atoms with Gasteiger partial charge in [-0.1, -0.05) is 10.8 Å². The lowest BCUT2D eigenvalue weighted by molar-refractivity contribution is 0.0985. The van der Waals surface area contributed by atoms with E-state index in [-0.39, 0.29) is 17.8 Å². The molecule has 88 valence electrons. The average molecular weight is 248 g/mol. The third kappa shape index (κ3) is 3.20. The van der Waals surface area contributed by atoms with Crippen LogP contribution in [0.2, 0.25) is 0 Å². The molecule has 0 aliphatic rings. The van der Waals surface area contributed by atoms with Gasteiger partial charge in [-0.15, -0.1) is 0 Å². The van der Waals surface area contributed by atoms with Crippen molar-refractivity contribution in [3.8, 4) is 11.5 Å². The van der Waals surface area contributed by atoms with E-state index in [1.54, 1.807) is 6.92 Å². The first-order valence-electron chi connectivity index (χ1n) is 4.33. The topological polar surface area (TPSA) is 80.7 Å². The van der Waals surface area contributed by atoms with Crippen molar-refractivity contribution in [3.05, 3.63) is 23.8 Å². The van der Waals surface area contributed by atoms with Crippen LogP contribution in [0.25, 0.3) is 0 Å². The molecule has 0 saturated heterocycles. The van der Waals surface area contributed by atoms with Gasteiger partial charge in [0, 0.05) is 12.5 Å². The lowest BCUT2D eigenvalue weighted by Crippen LogP contribution is -2.02. The Labute approximate surface area is 91.9 Å². The standard InChI is InChI=1S/C9H9FO5S/c1-2-8(11)7-4-3-6(5-9(7)12)15-16(10,13)14/h3-5,12H,2H2,1H3. The van der Waals surface area contributed by atoms with E-state index in [0.29, 0.717) is 0 Å². The minimum absolute atomic E-state index is 0.0334. The molecule has 0 spiro atoms. The molecule has 1 aromatic rings. The summed E-state index contributed by atoms with van der Waals surface area (Å²) in [5.41, 5.74) is 0.0334. The van der Waals surface area contributed by atoms with E-state index in [2.05, 4.69) is 4.18 Å². The lowest BCUT2D eigenvalue weighted by atomic mass is 10.1. The molecule has 0 amide bonds. The summed E-state index contributed by atoms with van der Waals surface area (Å²) < 4.78 is 36.3. The van der Waals surface area contributed by atoms with Crippen molar-refractivity contribution in [1.82, 2.24) is 0 Å². The van der Waals surface area contributed by atoms with Gasteiger partial charge >= 0.3 is 10.5 Å². The monoisotopic (exact) mass is 248 g/mol. The molecule has 16 heavy (non-hydrogen) atoms. The summed E-state index contributed by atoms with van der Waals surface area (Å²) in [6.07, 6.45) is 0.190. The zero-order valence-electron chi connectivity index (χ0n) is 8.31. The summed E-state index contributed by atoms with van der Waals surface area (Å²) in [5, 5.41) is 9.37. The number of Topliss-reactive ketones (excluding diaryl/α,β-unsaturated/α-hetero) is 1. The predicted molar refractivity (Wildman–Crippen MR) is 53.4 cm³/mol. The normalized spacial score (nSPS) is 11.1. The second kappa shape index (κ2) is 4.48. The number of rotatable bonds is 4. The molecule has 7 heteroatoms. The molecule has 0 atom stereocenters. The van der Waals surface area contributed by atoms with E-state index in [1.165, 1.54) is 6.07 Å². The zero-order chi connectivity index (χ0) is 12.3. The van der Waals surface area contributed by atoms with Crippen molar-refractivity contribution in [1.29, 1.82) is 0 Å². The Morgan fingerprint density at radius 3 is 2.56 bits per heavy atom. The van der Waals surface area contributed by atoms with E-state index in [0.717, 1.165) is 12.1 Å². The molecular formula is C9H9FO5S. The van der Waals surface area contributed by atoms with Crippen molar-refractivity contribution in [2.45, 2.75) is 13.3 Å². The Hall–Kier alpha value is -1.63. The molecule has 0 saturated carbocycles. The van der Waals surface area contributed by atoms with E-state index in [1.807, 2.05) is 0 Å². The van der Waals surface area contributed by atoms with Gasteiger partial charge in [0.1, 0.15) is 11.5 Å². The molecule has 0 aromatic heterocycles. The SMILES string of the molecule is CCC(=O)c1ccc(OS(=O)(=O)F)cc1O. The van der Waals surface area contributed by atoms with Crippen LogP contribution in [-0.2, 0) is 10.5 Å². The van der Waals surface area contributed by atoms with E-state index >= 15 is 0 Å². The number of ketones is 1. The number of phenolic OH excluding ortho intramolecular Hbond substituents is 1. The Kier molecular flexibility index (Phi) is 3.48. The number of halogens is 1. The summed E-state index contributed by atoms with van der Waals surface area (Å²) in [4.78, 5) is 11.2. The second-order valence-electron chi connectivity index (χ2n) is 2.93. The number of benzene rings is 1. The van der Waals surface area contributed by atoms with Crippen LogP contribution in [0.1, 0.15) is 23.7 Å². The fourth-order valence-electron chi connectivity index (χ4n) is 1.10. The highest BCUT2D eigenvalue weighted by Gasteiger charge is 2.14. The molecular weight excluding hydrogens is 239 g/mol. The van der Waals surface area contributed by atoms with Crippen LogP contribution in [0.3, 0.4) is 0 Å². The molecule has 0 fully saturated rings. The number of carbonyl (C=O) groups excluding carboxylic acids is 1. The molecule has 5 nitrogen and oxygen atoms in total. The van der Waals surface area contributed by atoms with Gasteiger partial charge in [0.15, 0.2) is 5.78 Å². The fourth-order valence-corrected chi connectivity index (χ4v) is 1.44. The predicted octanol–water partition coefficient (Wildman–Crippen LogP) is 1.58. The zero-order valence-corrected chi connectivity index (χ0v) is 9.12. The first-order valence-corrected chi connectivity index (χ1v) is 5.64. The van der Waals surface area contributed by atoms with Crippen LogP contribution in [0.5, 0.6) is 11.5 Å². The Bertz CT molecular complexity index is 509. The van der Waals surface area contributed by atoms with Gasteiger partial charge < -0.3 is 9.29 Å². The molecule has 0 unspecified atom stereocenters. The first kappa shape index (κ1) is 12.4. The van der Waals surface area contributed by atoms with Gasteiger partial charge in [-0.3, -0.25) is 4.79 Å². The van der Waals surface area contributed by atoms with Gasteiger partial charge in [-0.25, -0.2) is 0 Å². The van der Waals surface area contributed by atoms with E-state index in [9.17, 15) is 22.2 Å². The highest BCUT2D eigenvalue weighted by molar-refractivity contribution is 7.81. The van der Waals surface area contributed by atoms with Crippen molar-refractivity contribution in [3.63, 3.8) is 0 Å². The van der Waals surface area contributed by atoms with Crippen molar-refractivity contribution < 1.29 is 26.4 Å². The van der Waals surface area contributed by atoms with E-state index < -0.39 is 22.0 Å². The highest BCUT2D eigenvalue weighted by Crippen LogP contribution is 2.25. The number of carbonyl (C=O) groups is 1. The molecule has 1 aromatic carbocycles. The quantitative estimate of drug-likeness (QED) is 0.646. The third-order valence-corrected chi connectivity index (χ3v) is 2.18. The van der Waals surface area contributed by atoms with Crippen LogP contribution < -0.4 is 4.18 Å². The van der Waals surface area contributed by atoms with Crippen LogP contribution in [0.4, 0.5) is 3.89 Å². The molecule has 1 N–H and O–H groups in total. The fraction of sp³-hybridized carbons (Fsp3) is 0.222. The number of hydrogen-bond acceptors (Lipinski definition) is 5. The van der Waals surface area contributed by atoms with Crippen molar-refractivity contribution >= 4 is 16.3 Å². The van der Waals surface area contributed by atoms with Crippen LogP contribution in [0.15, 0.2) is 18.2 Å². The maximum atomic E-state index is 12.1. The van der Waals surface area contributed by atoms with Crippen molar-refractivity contribution in [2.75, 3.05) is 0 Å². The maximum Gasteiger partial charge on any atom is 0.488 e. The summed E-state index contributed by atoms with van der Waals surface area (Å²) >= 11 is 0. The third-order valence-electron chi connectivity index (χ3n) is 1.79. The van der Waals surface area contributed by atoms with Crippen LogP contribution in [0, 0.1) is 0 Å². The average Bonchev–Trinajstić information content (AvgIpc) is 2.14. The van der Waals surface area contributed by atoms with Crippen LogP contribution >= 0.6 is 0 Å². The molecule has 0 heterocycles. The summed E-state index contributed by atoms with van der Waals surface area (Å²) in [7, 11) is -5.13. The second-order valence-corrected chi connectivity index (χ2v) is 3.89. The summed E-state index contributed by atoms with van der Waals surface area (Å²) in [6, 6.07) is 3.11. The lowest BCUT2D eigenvalue weighted by Gasteiger charge is -2.04. The van der Waals surface area contributed by atoms with Gasteiger partial charge in [0.2, 0.25) is 0 Å². The maximum absolute atomic E-state index is 12.1. The molecule has 0 bridgehead atoms. The Morgan fingerprint density at radius 2 is 2.12 bits per heavy atom. The smallest absolute Gasteiger partial charge is 0.488 e. The van der Waals surface area contributed by atoms with Gasteiger partial charge in [0.05, 0.1) is 5.56 Å². The molecule has 0 aliphatic heterocycles. The largest absolute Gasteiger partial charge is 0.507 e. The van der Waals surface area contributed by atoms with Crippen molar-refractivity contribution in [2.24, 2.45) is 0 Å². The van der Waals surface area contributed by atoms with Gasteiger partial charge in [0.25, 0.3) is 0 Å². The number of phenols is 1. The van der Waals surface area contributed by atoms with E-state index in [4.69, 9.17) is 0 Å². The minimum atomic E-state index is -5.13. The molecule has 0 radical (unpaired) electrons. The summed E-state index contributed by atoms with van der Waals surface area (Å²) in [5.74, 6) is -1.16. The number of hydrogen-bond donors (Lipinski definition) is 1. The van der Waals surface area contributed by atoms with Gasteiger partial charge in [-0.2, -0.15) is 8.42 Å². The van der Waals surface area contributed by atoms with Gasteiger partial charge in [-0.05, 0) is 12.1 Å². The Balaban J connectivity index is 3.05. The molecule has 1 rings (SSSR count). The highest BCUT2D eigenvalue weighted by atomic mass is 32.3. The summed E-state index contributed by atoms with van der Waals surface area (Å²) in [6.45, 7) is 1.61.